The van der Waals surface area contributed by atoms with Gasteiger partial charge in [-0.25, -0.2) is 0 Å². The number of hydrogen-bond donors (Lipinski definition) is 1. The highest BCUT2D eigenvalue weighted by molar-refractivity contribution is 14.0. The summed E-state index contributed by atoms with van der Waals surface area (Å²) < 4.78 is 23.3. The molecule has 3 aliphatic rings. The van der Waals surface area contributed by atoms with E-state index in [9.17, 15) is 0 Å². The molecule has 8 heteroatoms. The molecule has 0 saturated carbocycles. The minimum atomic E-state index is -0.468. The summed E-state index contributed by atoms with van der Waals surface area (Å²) in [6, 6.07) is 3.95. The van der Waals surface area contributed by atoms with E-state index in [2.05, 4.69) is 17.1 Å². The Morgan fingerprint density at radius 3 is 2.80 bits per heavy atom. The maximum absolute atomic E-state index is 5.95. The summed E-state index contributed by atoms with van der Waals surface area (Å²) in [4.78, 5) is 7.34. The van der Waals surface area contributed by atoms with Crippen LogP contribution in [0.25, 0.3) is 0 Å². The van der Waals surface area contributed by atoms with Crippen LogP contribution in [0.5, 0.6) is 0 Å². The van der Waals surface area contributed by atoms with Crippen LogP contribution >= 0.6 is 24.0 Å². The van der Waals surface area contributed by atoms with Crippen LogP contribution < -0.4 is 5.32 Å². The summed E-state index contributed by atoms with van der Waals surface area (Å²) >= 11 is 0. The number of piperidine rings is 1. The molecule has 0 amide bonds. The zero-order valence-corrected chi connectivity index (χ0v) is 20.3. The zero-order chi connectivity index (χ0) is 19.9. The molecule has 0 radical (unpaired) electrons. The molecule has 170 valence electrons. The third kappa shape index (κ3) is 6.34. The van der Waals surface area contributed by atoms with E-state index in [0.717, 1.165) is 63.6 Å². The first kappa shape index (κ1) is 23.8. The van der Waals surface area contributed by atoms with E-state index in [1.54, 1.807) is 6.26 Å². The number of furan rings is 1. The number of rotatable bonds is 6. The van der Waals surface area contributed by atoms with Crippen molar-refractivity contribution in [2.75, 3.05) is 46.0 Å². The minimum absolute atomic E-state index is 0. The number of halogens is 1. The molecule has 1 N–H and O–H groups in total. The van der Waals surface area contributed by atoms with E-state index in [1.165, 1.54) is 12.8 Å². The Morgan fingerprint density at radius 1 is 1.20 bits per heavy atom. The largest absolute Gasteiger partial charge is 0.469 e. The molecule has 0 bridgehead atoms. The van der Waals surface area contributed by atoms with Crippen LogP contribution in [0, 0.1) is 5.92 Å². The van der Waals surface area contributed by atoms with Gasteiger partial charge in [-0.15, -0.1) is 24.0 Å². The Balaban J connectivity index is 0.00000256. The van der Waals surface area contributed by atoms with E-state index in [-0.39, 0.29) is 30.1 Å². The fourth-order valence-corrected chi connectivity index (χ4v) is 4.52. The molecule has 2 atom stereocenters. The first-order valence-electron chi connectivity index (χ1n) is 11.2. The highest BCUT2D eigenvalue weighted by Crippen LogP contribution is 2.34. The van der Waals surface area contributed by atoms with Gasteiger partial charge in [-0.05, 0) is 51.2 Å². The average molecular weight is 533 g/mol. The number of guanidine groups is 1. The first-order valence-corrected chi connectivity index (χ1v) is 11.2. The Bertz CT molecular complexity index is 643. The van der Waals surface area contributed by atoms with Gasteiger partial charge >= 0.3 is 0 Å². The van der Waals surface area contributed by atoms with Crippen LogP contribution in [0.2, 0.25) is 0 Å². The van der Waals surface area contributed by atoms with Gasteiger partial charge in [0.25, 0.3) is 0 Å². The van der Waals surface area contributed by atoms with Gasteiger partial charge in [-0.2, -0.15) is 0 Å². The Kier molecular flexibility index (Phi) is 9.28. The van der Waals surface area contributed by atoms with Gasteiger partial charge in [0, 0.05) is 38.6 Å². The van der Waals surface area contributed by atoms with Crippen molar-refractivity contribution in [3.63, 3.8) is 0 Å². The molecule has 0 aromatic carbocycles. The molecular weight excluding hydrogens is 497 g/mol. The van der Waals surface area contributed by atoms with Crippen LogP contribution in [-0.2, 0) is 20.6 Å². The Morgan fingerprint density at radius 2 is 2.07 bits per heavy atom. The van der Waals surface area contributed by atoms with Gasteiger partial charge in [0.05, 0.1) is 32.1 Å². The molecule has 3 saturated heterocycles. The maximum atomic E-state index is 5.95. The Hall–Kier alpha value is -0.840. The van der Waals surface area contributed by atoms with Crippen molar-refractivity contribution in [3.05, 3.63) is 24.2 Å². The van der Waals surface area contributed by atoms with Gasteiger partial charge in [-0.3, -0.25) is 4.99 Å². The lowest BCUT2D eigenvalue weighted by Gasteiger charge is -2.41. The smallest absolute Gasteiger partial charge is 0.194 e. The van der Waals surface area contributed by atoms with E-state index < -0.39 is 5.79 Å². The quantitative estimate of drug-likeness (QED) is 0.344. The molecule has 4 rings (SSSR count). The molecule has 3 fully saturated rings. The fourth-order valence-electron chi connectivity index (χ4n) is 4.52. The van der Waals surface area contributed by atoms with Gasteiger partial charge in [-0.1, -0.05) is 0 Å². The summed E-state index contributed by atoms with van der Waals surface area (Å²) in [6.07, 6.45) is 8.55. The van der Waals surface area contributed by atoms with E-state index in [4.69, 9.17) is 23.6 Å². The van der Waals surface area contributed by atoms with Crippen molar-refractivity contribution in [3.8, 4) is 0 Å². The number of ether oxygens (including phenoxy) is 3. The molecule has 1 aromatic rings. The fraction of sp³-hybridized carbons (Fsp3) is 0.773. The van der Waals surface area contributed by atoms with Crippen LogP contribution in [0.15, 0.2) is 27.8 Å². The monoisotopic (exact) mass is 533 g/mol. The standard InChI is InChI=1S/C22H35N3O4.HI/c1-22(28-14-15-29-22)18-6-4-11-25(17-18)21(23-10-9-19-8-5-13-26-19)24-16-20-7-2-3-12-27-20;/h5,8,13,18,20H,2-4,6-7,9-12,14-17H2,1H3,(H,23,24);1H. The molecule has 7 nitrogen and oxygen atoms in total. The predicted octanol–water partition coefficient (Wildman–Crippen LogP) is 3.43. The SMILES string of the molecule is CC1(C2CCCN(C(=NCC3CCCCO3)NCCc3ccco3)C2)OCCO1.I. The molecular formula is C22H36IN3O4. The van der Waals surface area contributed by atoms with Gasteiger partial charge in [0.2, 0.25) is 0 Å². The molecule has 0 aliphatic carbocycles. The lowest BCUT2D eigenvalue weighted by Crippen LogP contribution is -2.52. The number of nitrogens with zero attached hydrogens (tertiary/aromatic N) is 2. The molecule has 1 aromatic heterocycles. The number of hydrogen-bond acceptors (Lipinski definition) is 5. The summed E-state index contributed by atoms with van der Waals surface area (Å²) in [5.41, 5.74) is 0. The molecule has 0 spiro atoms. The van der Waals surface area contributed by atoms with Crippen LogP contribution in [0.1, 0.15) is 44.8 Å². The summed E-state index contributed by atoms with van der Waals surface area (Å²) in [7, 11) is 0. The maximum Gasteiger partial charge on any atom is 0.194 e. The summed E-state index contributed by atoms with van der Waals surface area (Å²) in [5.74, 6) is 1.84. The van der Waals surface area contributed by atoms with Gasteiger partial charge in [0.1, 0.15) is 5.76 Å². The topological polar surface area (TPSA) is 68.5 Å². The predicted molar refractivity (Wildman–Crippen MR) is 126 cm³/mol. The van der Waals surface area contributed by atoms with Gasteiger partial charge < -0.3 is 28.8 Å². The molecule has 4 heterocycles. The van der Waals surface area contributed by atoms with Crippen LogP contribution in [-0.4, -0.2) is 68.8 Å². The lowest BCUT2D eigenvalue weighted by molar-refractivity contribution is -0.189. The second kappa shape index (κ2) is 11.7. The second-order valence-electron chi connectivity index (χ2n) is 8.41. The van der Waals surface area contributed by atoms with E-state index >= 15 is 0 Å². The number of aliphatic imine (C=N–C) groups is 1. The van der Waals surface area contributed by atoms with Gasteiger partial charge in [0.15, 0.2) is 11.7 Å². The third-order valence-corrected chi connectivity index (χ3v) is 6.28. The number of nitrogens with one attached hydrogen (secondary N) is 1. The first-order chi connectivity index (χ1) is 14.2. The van der Waals surface area contributed by atoms with Crippen LogP contribution in [0.3, 0.4) is 0 Å². The van der Waals surface area contributed by atoms with Crippen molar-refractivity contribution in [2.24, 2.45) is 10.9 Å². The Labute approximate surface area is 196 Å². The average Bonchev–Trinajstić information content (AvgIpc) is 3.44. The molecule has 2 unspecified atom stereocenters. The lowest BCUT2D eigenvalue weighted by atomic mass is 9.90. The zero-order valence-electron chi connectivity index (χ0n) is 18.0. The van der Waals surface area contributed by atoms with E-state index in [0.29, 0.717) is 25.7 Å². The highest BCUT2D eigenvalue weighted by Gasteiger charge is 2.42. The van der Waals surface area contributed by atoms with Crippen molar-refractivity contribution in [1.82, 2.24) is 10.2 Å². The minimum Gasteiger partial charge on any atom is -0.469 e. The van der Waals surface area contributed by atoms with E-state index in [1.807, 2.05) is 12.1 Å². The van der Waals surface area contributed by atoms with Crippen molar-refractivity contribution in [1.29, 1.82) is 0 Å². The van der Waals surface area contributed by atoms with Crippen molar-refractivity contribution in [2.45, 2.75) is 57.3 Å². The normalized spacial score (nSPS) is 27.0. The van der Waals surface area contributed by atoms with Crippen molar-refractivity contribution >= 4 is 29.9 Å². The van der Waals surface area contributed by atoms with Crippen LogP contribution in [0.4, 0.5) is 0 Å². The van der Waals surface area contributed by atoms with Crippen molar-refractivity contribution < 1.29 is 18.6 Å². The molecule has 3 aliphatic heterocycles. The highest BCUT2D eigenvalue weighted by atomic mass is 127. The second-order valence-corrected chi connectivity index (χ2v) is 8.41. The summed E-state index contributed by atoms with van der Waals surface area (Å²) in [6.45, 7) is 7.74. The number of likely N-dealkylation sites (tertiary alicyclic amines) is 1. The third-order valence-electron chi connectivity index (χ3n) is 6.28. The summed E-state index contributed by atoms with van der Waals surface area (Å²) in [5, 5.41) is 3.57. The molecule has 30 heavy (non-hydrogen) atoms.